The number of rotatable bonds is 3. The summed E-state index contributed by atoms with van der Waals surface area (Å²) in [5.41, 5.74) is -0.0263. The first-order chi connectivity index (χ1) is 11.3. The van der Waals surface area contributed by atoms with Crippen LogP contribution in [0.15, 0.2) is 10.6 Å². The molecule has 1 amide bonds. The van der Waals surface area contributed by atoms with Crippen LogP contribution in [0.3, 0.4) is 0 Å². The largest absolute Gasteiger partial charge is 0.375 e. The van der Waals surface area contributed by atoms with E-state index in [-0.39, 0.29) is 17.6 Å². The van der Waals surface area contributed by atoms with E-state index in [1.54, 1.807) is 17.9 Å². The number of ether oxygens (including phenoxy) is 1. The highest BCUT2D eigenvalue weighted by atomic mass is 32.2. The van der Waals surface area contributed by atoms with Crippen molar-refractivity contribution in [2.75, 3.05) is 26.0 Å². The highest BCUT2D eigenvalue weighted by Gasteiger charge is 2.42. The number of nitrogens with zero attached hydrogens (tertiary/aromatic N) is 2. The average molecular weight is 357 g/mol. The van der Waals surface area contributed by atoms with Gasteiger partial charge in [0.05, 0.1) is 11.9 Å². The Morgan fingerprint density at radius 2 is 2.12 bits per heavy atom. The van der Waals surface area contributed by atoms with E-state index in [9.17, 15) is 13.2 Å². The third-order valence-electron chi connectivity index (χ3n) is 4.68. The molecule has 9 heteroatoms. The number of amides is 1. The van der Waals surface area contributed by atoms with Gasteiger partial charge in [-0.05, 0) is 32.6 Å². The number of aromatic nitrogens is 1. The molecule has 1 spiro atoms. The van der Waals surface area contributed by atoms with Crippen LogP contribution in [0, 0.1) is 6.92 Å². The van der Waals surface area contributed by atoms with Gasteiger partial charge in [0.15, 0.2) is 5.69 Å². The van der Waals surface area contributed by atoms with Crippen LogP contribution < -0.4 is 4.72 Å². The van der Waals surface area contributed by atoms with Crippen molar-refractivity contribution in [3.63, 3.8) is 0 Å². The third-order valence-corrected chi connectivity index (χ3v) is 5.44. The van der Waals surface area contributed by atoms with Gasteiger partial charge < -0.3 is 14.2 Å². The van der Waals surface area contributed by atoms with Crippen molar-refractivity contribution in [1.82, 2.24) is 14.8 Å². The molecule has 0 unspecified atom stereocenters. The summed E-state index contributed by atoms with van der Waals surface area (Å²) in [6, 6.07) is 1.53. The van der Waals surface area contributed by atoms with Crippen LogP contribution in [0.4, 0.5) is 0 Å². The van der Waals surface area contributed by atoms with Crippen LogP contribution in [-0.4, -0.2) is 62.0 Å². The number of hydrogen-bond donors (Lipinski definition) is 1. The molecule has 0 aliphatic carbocycles. The molecule has 0 saturated carbocycles. The van der Waals surface area contributed by atoms with Crippen molar-refractivity contribution in [3.8, 4) is 0 Å². The first-order valence-electron chi connectivity index (χ1n) is 8.10. The number of sulfonamides is 1. The van der Waals surface area contributed by atoms with Crippen LogP contribution in [-0.2, 0) is 14.8 Å². The maximum Gasteiger partial charge on any atom is 0.276 e. The maximum atomic E-state index is 12.4. The number of nitrogens with one attached hydrogen (secondary N) is 1. The lowest BCUT2D eigenvalue weighted by atomic mass is 9.82. The van der Waals surface area contributed by atoms with Gasteiger partial charge in [0.25, 0.3) is 5.91 Å². The lowest BCUT2D eigenvalue weighted by Gasteiger charge is -2.46. The number of carbonyl (C=O) groups excluding carboxylic acids is 1. The summed E-state index contributed by atoms with van der Waals surface area (Å²) < 4.78 is 36.5. The Labute approximate surface area is 141 Å². The lowest BCUT2D eigenvalue weighted by molar-refractivity contribution is -0.113. The minimum atomic E-state index is -3.23. The minimum Gasteiger partial charge on any atom is -0.375 e. The van der Waals surface area contributed by atoms with Crippen LogP contribution in [0.25, 0.3) is 0 Å². The predicted molar refractivity (Wildman–Crippen MR) is 86.1 cm³/mol. The molecule has 1 N–H and O–H groups in total. The highest BCUT2D eigenvalue weighted by Crippen LogP contribution is 2.35. The molecule has 2 aliphatic rings. The van der Waals surface area contributed by atoms with E-state index < -0.39 is 10.0 Å². The Hall–Kier alpha value is -1.45. The fraction of sp³-hybridized carbons (Fsp3) is 0.733. The summed E-state index contributed by atoms with van der Waals surface area (Å²) >= 11 is 0. The summed E-state index contributed by atoms with van der Waals surface area (Å²) in [6.07, 6.45) is 3.88. The van der Waals surface area contributed by atoms with E-state index in [2.05, 4.69) is 9.88 Å². The zero-order chi connectivity index (χ0) is 17.4. The van der Waals surface area contributed by atoms with Gasteiger partial charge in [0.2, 0.25) is 10.0 Å². The van der Waals surface area contributed by atoms with Gasteiger partial charge in [-0.2, -0.15) is 0 Å². The summed E-state index contributed by atoms with van der Waals surface area (Å²) in [7, 11) is -3.23. The molecule has 8 nitrogen and oxygen atoms in total. The molecule has 2 saturated heterocycles. The number of likely N-dealkylation sites (tertiary alicyclic amines) is 1. The zero-order valence-electron chi connectivity index (χ0n) is 13.9. The molecule has 2 fully saturated rings. The number of carbonyl (C=O) groups is 1. The van der Waals surface area contributed by atoms with E-state index >= 15 is 0 Å². The van der Waals surface area contributed by atoms with E-state index in [1.165, 1.54) is 6.26 Å². The Bertz CT molecular complexity index is 706. The third kappa shape index (κ3) is 3.96. The standard InChI is InChI=1S/C15H23N3O5S/c1-11-9-13(16-23-11)14(19)18-6-4-15(5-7-18)10-12(3-8-22-15)17-24(2,20)21/h9,12,17H,3-8,10H2,1-2H3/t12-/m0/s1. The summed E-state index contributed by atoms with van der Waals surface area (Å²) in [6.45, 7) is 3.41. The second-order valence-corrected chi connectivity index (χ2v) is 8.51. The van der Waals surface area contributed by atoms with Crippen molar-refractivity contribution in [2.45, 2.75) is 44.2 Å². The molecule has 1 aromatic heterocycles. The van der Waals surface area contributed by atoms with E-state index in [0.29, 0.717) is 56.8 Å². The molecule has 0 bridgehead atoms. The molecule has 24 heavy (non-hydrogen) atoms. The molecule has 3 rings (SSSR count). The van der Waals surface area contributed by atoms with Crippen LogP contribution in [0.5, 0.6) is 0 Å². The van der Waals surface area contributed by atoms with Crippen molar-refractivity contribution < 1.29 is 22.5 Å². The number of hydrogen-bond acceptors (Lipinski definition) is 6. The molecule has 1 atom stereocenters. The molecule has 0 radical (unpaired) electrons. The van der Waals surface area contributed by atoms with Gasteiger partial charge >= 0.3 is 0 Å². The minimum absolute atomic E-state index is 0.103. The second-order valence-electron chi connectivity index (χ2n) is 6.73. The smallest absolute Gasteiger partial charge is 0.276 e. The number of piperidine rings is 1. The first-order valence-corrected chi connectivity index (χ1v) is 9.99. The fourth-order valence-corrected chi connectivity index (χ4v) is 4.33. The number of aryl methyl sites for hydroxylation is 1. The van der Waals surface area contributed by atoms with Gasteiger partial charge in [-0.25, -0.2) is 13.1 Å². The average Bonchev–Trinajstić information content (AvgIpc) is 2.92. The molecule has 1 aromatic rings. The quantitative estimate of drug-likeness (QED) is 0.854. The van der Waals surface area contributed by atoms with Crippen molar-refractivity contribution in [3.05, 3.63) is 17.5 Å². The summed E-state index contributed by atoms with van der Waals surface area (Å²) in [5, 5.41) is 3.77. The highest BCUT2D eigenvalue weighted by molar-refractivity contribution is 7.88. The van der Waals surface area contributed by atoms with E-state index in [1.807, 2.05) is 0 Å². The van der Waals surface area contributed by atoms with Crippen molar-refractivity contribution in [1.29, 1.82) is 0 Å². The molecule has 3 heterocycles. The van der Waals surface area contributed by atoms with E-state index in [0.717, 1.165) is 0 Å². The SMILES string of the molecule is Cc1cc(C(=O)N2CCC3(CC2)C[C@@H](NS(C)(=O)=O)CCO3)no1. The van der Waals surface area contributed by atoms with Crippen LogP contribution >= 0.6 is 0 Å². The normalized spacial score (nSPS) is 24.2. The maximum absolute atomic E-state index is 12.4. The lowest BCUT2D eigenvalue weighted by Crippen LogP contribution is -2.54. The summed E-state index contributed by atoms with van der Waals surface area (Å²) in [5.74, 6) is 0.473. The zero-order valence-corrected chi connectivity index (χ0v) is 14.8. The van der Waals surface area contributed by atoms with Crippen molar-refractivity contribution >= 4 is 15.9 Å². The molecular weight excluding hydrogens is 334 g/mol. The van der Waals surface area contributed by atoms with Gasteiger partial charge in [-0.3, -0.25) is 4.79 Å². The topological polar surface area (TPSA) is 102 Å². The first kappa shape index (κ1) is 17.4. The predicted octanol–water partition coefficient (Wildman–Crippen LogP) is 0.686. The van der Waals surface area contributed by atoms with E-state index in [4.69, 9.17) is 9.26 Å². The van der Waals surface area contributed by atoms with Gasteiger partial charge in [-0.15, -0.1) is 0 Å². The van der Waals surface area contributed by atoms with Crippen molar-refractivity contribution in [2.24, 2.45) is 0 Å². The van der Waals surface area contributed by atoms with Gasteiger partial charge in [-0.1, -0.05) is 5.16 Å². The van der Waals surface area contributed by atoms with Gasteiger partial charge in [0.1, 0.15) is 5.76 Å². The molecule has 0 aromatic carbocycles. The molecular formula is C15H23N3O5S. The Morgan fingerprint density at radius 3 is 2.71 bits per heavy atom. The van der Waals surface area contributed by atoms with Gasteiger partial charge in [0, 0.05) is 31.8 Å². The Morgan fingerprint density at radius 1 is 1.42 bits per heavy atom. The second kappa shape index (κ2) is 6.45. The van der Waals surface area contributed by atoms with Crippen LogP contribution in [0.1, 0.15) is 41.9 Å². The Balaban J connectivity index is 1.60. The van der Waals surface area contributed by atoms with Crippen LogP contribution in [0.2, 0.25) is 0 Å². The molecule has 134 valence electrons. The summed E-state index contributed by atoms with van der Waals surface area (Å²) in [4.78, 5) is 14.2. The molecule has 2 aliphatic heterocycles. The fourth-order valence-electron chi connectivity index (χ4n) is 3.53. The Kier molecular flexibility index (Phi) is 4.67. The monoisotopic (exact) mass is 357 g/mol.